The molecular weight excluding hydrogens is 501 g/mol. The van der Waals surface area contributed by atoms with Crippen LogP contribution in [0.3, 0.4) is 0 Å². The van der Waals surface area contributed by atoms with Gasteiger partial charge >= 0.3 is 12.1 Å². The van der Waals surface area contributed by atoms with Crippen molar-refractivity contribution in [3.8, 4) is 0 Å². The molecule has 13 heteroatoms. The van der Waals surface area contributed by atoms with Gasteiger partial charge in [0.2, 0.25) is 10.0 Å². The maximum absolute atomic E-state index is 13.2. The highest BCUT2D eigenvalue weighted by molar-refractivity contribution is 7.89. The van der Waals surface area contributed by atoms with Crippen LogP contribution in [0.1, 0.15) is 21.5 Å². The monoisotopic (exact) mass is 520 g/mol. The Kier molecular flexibility index (Phi) is 7.86. The number of alkyl halides is 3. The molecule has 0 bridgehead atoms. The maximum atomic E-state index is 13.2. The van der Waals surface area contributed by atoms with E-state index in [1.807, 2.05) is 5.32 Å². The summed E-state index contributed by atoms with van der Waals surface area (Å²) in [6.07, 6.45) is -4.77. The van der Waals surface area contributed by atoms with Crippen molar-refractivity contribution in [3.05, 3.63) is 58.1 Å². The molecule has 3 rings (SSSR count). The predicted molar refractivity (Wildman–Crippen MR) is 116 cm³/mol. The molecule has 2 aromatic rings. The molecule has 1 N–H and O–H groups in total. The van der Waals surface area contributed by atoms with Crippen LogP contribution in [0.4, 0.5) is 18.9 Å². The summed E-state index contributed by atoms with van der Waals surface area (Å²) in [7, 11) is -3.90. The van der Waals surface area contributed by atoms with Gasteiger partial charge in [0.25, 0.3) is 5.91 Å². The molecule has 34 heavy (non-hydrogen) atoms. The van der Waals surface area contributed by atoms with Crippen molar-refractivity contribution in [1.29, 1.82) is 0 Å². The highest BCUT2D eigenvalue weighted by Crippen LogP contribution is 2.38. The van der Waals surface area contributed by atoms with Gasteiger partial charge in [-0.25, -0.2) is 13.2 Å². The number of carbonyl (C=O) groups excluding carboxylic acids is 2. The highest BCUT2D eigenvalue weighted by atomic mass is 35.5. The summed E-state index contributed by atoms with van der Waals surface area (Å²) in [6, 6.07) is 6.88. The Morgan fingerprint density at radius 3 is 2.50 bits per heavy atom. The number of morpholine rings is 1. The normalized spacial score (nSPS) is 15.1. The van der Waals surface area contributed by atoms with Crippen molar-refractivity contribution in [3.63, 3.8) is 0 Å². The number of rotatable bonds is 6. The van der Waals surface area contributed by atoms with Gasteiger partial charge in [0.05, 0.1) is 39.9 Å². The second-order valence-electron chi connectivity index (χ2n) is 7.28. The summed E-state index contributed by atoms with van der Waals surface area (Å²) in [5, 5.41) is 1.66. The standard InChI is InChI=1S/C21H20ClF3N2O6S/c1-13-5-6-14(11-17(13)34(30,31)27-7-9-32-10-8-27)20(29)33-12-18(28)26-19-15(21(23,24)25)3-2-4-16(19)22/h2-6,11H,7-10,12H2,1H3,(H,26,28). The SMILES string of the molecule is Cc1ccc(C(=O)OCC(=O)Nc2c(Cl)cccc2C(F)(F)F)cc1S(=O)(=O)N1CCOCC1. The number of hydrogen-bond donors (Lipinski definition) is 1. The summed E-state index contributed by atoms with van der Waals surface area (Å²) in [6.45, 7) is 1.48. The van der Waals surface area contributed by atoms with Gasteiger partial charge in [-0.2, -0.15) is 17.5 Å². The lowest BCUT2D eigenvalue weighted by atomic mass is 10.1. The van der Waals surface area contributed by atoms with Crippen LogP contribution in [0, 0.1) is 6.92 Å². The number of anilines is 1. The second-order valence-corrected chi connectivity index (χ2v) is 9.59. The van der Waals surface area contributed by atoms with Crippen molar-refractivity contribution in [2.75, 3.05) is 38.2 Å². The van der Waals surface area contributed by atoms with Crippen LogP contribution < -0.4 is 5.32 Å². The van der Waals surface area contributed by atoms with E-state index in [2.05, 4.69) is 0 Å². The topological polar surface area (TPSA) is 102 Å². The van der Waals surface area contributed by atoms with Gasteiger partial charge in [-0.3, -0.25) is 4.79 Å². The summed E-state index contributed by atoms with van der Waals surface area (Å²) in [5.41, 5.74) is -1.55. The molecule has 0 aromatic heterocycles. The molecule has 1 saturated heterocycles. The lowest BCUT2D eigenvalue weighted by molar-refractivity contribution is -0.137. The number of sulfonamides is 1. The third kappa shape index (κ3) is 5.87. The molecule has 1 amide bonds. The number of nitrogens with one attached hydrogen (secondary N) is 1. The first-order valence-corrected chi connectivity index (χ1v) is 11.7. The molecular formula is C21H20ClF3N2O6S. The molecule has 0 atom stereocenters. The zero-order chi connectivity index (χ0) is 25.1. The van der Waals surface area contributed by atoms with E-state index in [0.717, 1.165) is 18.2 Å². The van der Waals surface area contributed by atoms with Gasteiger partial charge in [-0.1, -0.05) is 23.7 Å². The van der Waals surface area contributed by atoms with Crippen LogP contribution in [-0.4, -0.2) is 57.5 Å². The largest absolute Gasteiger partial charge is 0.452 e. The highest BCUT2D eigenvalue weighted by Gasteiger charge is 2.35. The Morgan fingerprint density at radius 1 is 1.18 bits per heavy atom. The molecule has 0 aliphatic carbocycles. The molecule has 0 unspecified atom stereocenters. The summed E-state index contributed by atoms with van der Waals surface area (Å²) < 4.78 is 76.7. The van der Waals surface area contributed by atoms with Crippen molar-refractivity contribution in [2.24, 2.45) is 0 Å². The molecule has 1 fully saturated rings. The number of hydrogen-bond acceptors (Lipinski definition) is 6. The molecule has 184 valence electrons. The van der Waals surface area contributed by atoms with E-state index in [4.69, 9.17) is 21.1 Å². The van der Waals surface area contributed by atoms with E-state index >= 15 is 0 Å². The van der Waals surface area contributed by atoms with Crippen LogP contribution in [-0.2, 0) is 30.5 Å². The van der Waals surface area contributed by atoms with Gasteiger partial charge < -0.3 is 14.8 Å². The number of aryl methyl sites for hydroxylation is 1. The third-order valence-electron chi connectivity index (χ3n) is 4.93. The molecule has 2 aromatic carbocycles. The van der Waals surface area contributed by atoms with E-state index in [9.17, 15) is 31.2 Å². The number of benzene rings is 2. The average molecular weight is 521 g/mol. The number of esters is 1. The van der Waals surface area contributed by atoms with E-state index in [1.165, 1.54) is 22.5 Å². The zero-order valence-electron chi connectivity index (χ0n) is 17.8. The molecule has 0 saturated carbocycles. The first-order chi connectivity index (χ1) is 15.9. The van der Waals surface area contributed by atoms with Crippen LogP contribution in [0.5, 0.6) is 0 Å². The predicted octanol–water partition coefficient (Wildman–Crippen LogP) is 3.48. The summed E-state index contributed by atoms with van der Waals surface area (Å²) in [4.78, 5) is 24.5. The number of para-hydroxylation sites is 1. The minimum atomic E-state index is -4.77. The van der Waals surface area contributed by atoms with Gasteiger partial charge in [0.1, 0.15) is 0 Å². The smallest absolute Gasteiger partial charge is 0.418 e. The fourth-order valence-electron chi connectivity index (χ4n) is 3.21. The first kappa shape index (κ1) is 25.9. The van der Waals surface area contributed by atoms with Gasteiger partial charge in [0, 0.05) is 13.1 Å². The van der Waals surface area contributed by atoms with Crippen LogP contribution >= 0.6 is 11.6 Å². The Labute approximate surface area is 198 Å². The Bertz CT molecular complexity index is 1200. The second kappa shape index (κ2) is 10.3. The summed E-state index contributed by atoms with van der Waals surface area (Å²) in [5.74, 6) is -2.08. The minimum absolute atomic E-state index is 0.0980. The number of amides is 1. The van der Waals surface area contributed by atoms with Gasteiger partial charge in [0.15, 0.2) is 6.61 Å². The Morgan fingerprint density at radius 2 is 1.85 bits per heavy atom. The number of carbonyl (C=O) groups is 2. The Hall–Kier alpha value is -2.67. The van der Waals surface area contributed by atoms with Crippen LogP contribution in [0.15, 0.2) is 41.3 Å². The number of nitrogens with zero attached hydrogens (tertiary/aromatic N) is 1. The zero-order valence-corrected chi connectivity index (χ0v) is 19.4. The van der Waals surface area contributed by atoms with Crippen molar-refractivity contribution in [1.82, 2.24) is 4.31 Å². The van der Waals surface area contributed by atoms with E-state index < -0.39 is 45.9 Å². The fourth-order valence-corrected chi connectivity index (χ4v) is 5.09. The summed E-state index contributed by atoms with van der Waals surface area (Å²) >= 11 is 5.79. The van der Waals surface area contributed by atoms with Gasteiger partial charge in [-0.15, -0.1) is 0 Å². The molecule has 0 spiro atoms. The lowest BCUT2D eigenvalue weighted by Crippen LogP contribution is -2.40. The van der Waals surface area contributed by atoms with Crippen LogP contribution in [0.25, 0.3) is 0 Å². The van der Waals surface area contributed by atoms with E-state index in [1.54, 1.807) is 6.92 Å². The van der Waals surface area contributed by atoms with Crippen molar-refractivity contribution >= 4 is 39.2 Å². The molecule has 1 heterocycles. The molecule has 1 aliphatic rings. The molecule has 1 aliphatic heterocycles. The molecule has 0 radical (unpaired) electrons. The number of halogens is 4. The van der Waals surface area contributed by atoms with E-state index in [0.29, 0.717) is 5.56 Å². The number of ether oxygens (including phenoxy) is 2. The maximum Gasteiger partial charge on any atom is 0.418 e. The Balaban J connectivity index is 1.72. The van der Waals surface area contributed by atoms with Crippen LogP contribution in [0.2, 0.25) is 5.02 Å². The first-order valence-electron chi connectivity index (χ1n) is 9.92. The third-order valence-corrected chi connectivity index (χ3v) is 7.29. The lowest BCUT2D eigenvalue weighted by Gasteiger charge is -2.26. The quantitative estimate of drug-likeness (QED) is 0.585. The van der Waals surface area contributed by atoms with Crippen molar-refractivity contribution < 1.29 is 40.7 Å². The minimum Gasteiger partial charge on any atom is -0.452 e. The molecule has 8 nitrogen and oxygen atoms in total. The van der Waals surface area contributed by atoms with E-state index in [-0.39, 0.29) is 41.8 Å². The average Bonchev–Trinajstić information content (AvgIpc) is 2.79. The fraction of sp³-hybridized carbons (Fsp3) is 0.333. The van der Waals surface area contributed by atoms with Gasteiger partial charge in [-0.05, 0) is 36.8 Å². The van der Waals surface area contributed by atoms with Crippen molar-refractivity contribution in [2.45, 2.75) is 18.0 Å².